The molecule has 3 rings (SSSR count). The van der Waals surface area contributed by atoms with Crippen molar-refractivity contribution in [1.29, 1.82) is 0 Å². The van der Waals surface area contributed by atoms with Crippen LogP contribution in [0.1, 0.15) is 47.7 Å². The van der Waals surface area contributed by atoms with Crippen molar-refractivity contribution in [1.82, 2.24) is 5.43 Å². The van der Waals surface area contributed by atoms with E-state index in [0.717, 1.165) is 24.9 Å². The lowest BCUT2D eigenvalue weighted by molar-refractivity contribution is -0.384. The minimum Gasteiger partial charge on any atom is -0.325 e. The van der Waals surface area contributed by atoms with Crippen molar-refractivity contribution in [2.24, 2.45) is 5.10 Å². The number of nitro benzene ring substituents is 1. The Hall–Kier alpha value is -3.55. The van der Waals surface area contributed by atoms with Crippen LogP contribution in [-0.4, -0.2) is 22.4 Å². The van der Waals surface area contributed by atoms with Gasteiger partial charge in [0.2, 0.25) is 5.91 Å². The topological polar surface area (TPSA) is 114 Å². The highest BCUT2D eigenvalue weighted by Gasteiger charge is 2.15. The zero-order valence-electron chi connectivity index (χ0n) is 16.1. The molecule has 0 saturated heterocycles. The van der Waals surface area contributed by atoms with Gasteiger partial charge in [-0.1, -0.05) is 18.2 Å². The first-order valence-corrected chi connectivity index (χ1v) is 9.42. The Morgan fingerprint density at radius 2 is 1.90 bits per heavy atom. The average molecular weight is 394 g/mol. The molecule has 0 heterocycles. The SMILES string of the molecule is C/C(CC(=O)Nc1cccc2c1CCCC2)=N/NC(=O)c1cccc([N+](=O)[O-])c1. The van der Waals surface area contributed by atoms with E-state index in [1.54, 1.807) is 6.92 Å². The van der Waals surface area contributed by atoms with E-state index >= 15 is 0 Å². The maximum Gasteiger partial charge on any atom is 0.271 e. The minimum atomic E-state index is -0.578. The first kappa shape index (κ1) is 20.2. The van der Waals surface area contributed by atoms with Crippen LogP contribution in [0, 0.1) is 10.1 Å². The smallest absolute Gasteiger partial charge is 0.271 e. The van der Waals surface area contributed by atoms with Gasteiger partial charge in [-0.15, -0.1) is 0 Å². The molecule has 0 unspecified atom stereocenters. The summed E-state index contributed by atoms with van der Waals surface area (Å²) in [5.41, 5.74) is 6.01. The van der Waals surface area contributed by atoms with Crippen LogP contribution in [0.25, 0.3) is 0 Å². The Balaban J connectivity index is 1.58. The second-order valence-electron chi connectivity index (χ2n) is 6.97. The van der Waals surface area contributed by atoms with Crippen LogP contribution in [0.2, 0.25) is 0 Å². The lowest BCUT2D eigenvalue weighted by atomic mass is 9.90. The summed E-state index contributed by atoms with van der Waals surface area (Å²) in [5.74, 6) is -0.791. The molecule has 0 saturated carbocycles. The molecule has 0 fully saturated rings. The van der Waals surface area contributed by atoms with Gasteiger partial charge >= 0.3 is 0 Å². The Kier molecular flexibility index (Phi) is 6.33. The lowest BCUT2D eigenvalue weighted by Gasteiger charge is -2.19. The summed E-state index contributed by atoms with van der Waals surface area (Å²) in [4.78, 5) is 34.7. The zero-order valence-corrected chi connectivity index (χ0v) is 16.1. The van der Waals surface area contributed by atoms with Gasteiger partial charge in [0, 0.05) is 29.1 Å². The number of hydrogen-bond acceptors (Lipinski definition) is 5. The highest BCUT2D eigenvalue weighted by Crippen LogP contribution is 2.27. The third-order valence-electron chi connectivity index (χ3n) is 4.75. The number of nitrogens with zero attached hydrogens (tertiary/aromatic N) is 2. The van der Waals surface area contributed by atoms with Gasteiger partial charge in [0.1, 0.15) is 0 Å². The van der Waals surface area contributed by atoms with Crippen LogP contribution in [0.15, 0.2) is 47.6 Å². The molecule has 8 nitrogen and oxygen atoms in total. The van der Waals surface area contributed by atoms with Crippen molar-refractivity contribution in [3.63, 3.8) is 0 Å². The van der Waals surface area contributed by atoms with Gasteiger partial charge in [-0.25, -0.2) is 5.43 Å². The molecule has 0 radical (unpaired) electrons. The first-order valence-electron chi connectivity index (χ1n) is 9.42. The number of nitrogens with one attached hydrogen (secondary N) is 2. The summed E-state index contributed by atoms with van der Waals surface area (Å²) in [6.07, 6.45) is 4.30. The molecule has 29 heavy (non-hydrogen) atoms. The van der Waals surface area contributed by atoms with Crippen LogP contribution in [0.3, 0.4) is 0 Å². The molecule has 2 amide bonds. The van der Waals surface area contributed by atoms with Gasteiger partial charge in [-0.2, -0.15) is 5.10 Å². The summed E-state index contributed by atoms with van der Waals surface area (Å²) >= 11 is 0. The minimum absolute atomic E-state index is 0.0267. The van der Waals surface area contributed by atoms with Crippen LogP contribution >= 0.6 is 0 Å². The third-order valence-corrected chi connectivity index (χ3v) is 4.75. The van der Waals surface area contributed by atoms with E-state index in [1.165, 1.54) is 41.8 Å². The first-order chi connectivity index (χ1) is 13.9. The normalized spacial score (nSPS) is 13.3. The summed E-state index contributed by atoms with van der Waals surface area (Å²) in [7, 11) is 0. The van der Waals surface area contributed by atoms with E-state index in [9.17, 15) is 19.7 Å². The zero-order chi connectivity index (χ0) is 20.8. The lowest BCUT2D eigenvalue weighted by Crippen LogP contribution is -2.22. The maximum atomic E-state index is 12.4. The monoisotopic (exact) mass is 394 g/mol. The summed E-state index contributed by atoms with van der Waals surface area (Å²) in [6.45, 7) is 1.63. The highest BCUT2D eigenvalue weighted by atomic mass is 16.6. The predicted molar refractivity (Wildman–Crippen MR) is 110 cm³/mol. The number of benzene rings is 2. The Bertz CT molecular complexity index is 984. The van der Waals surface area contributed by atoms with Gasteiger partial charge < -0.3 is 5.32 Å². The molecule has 0 bridgehead atoms. The maximum absolute atomic E-state index is 12.4. The number of hydrogen-bond donors (Lipinski definition) is 2. The highest BCUT2D eigenvalue weighted by molar-refractivity contribution is 6.06. The van der Waals surface area contributed by atoms with Gasteiger partial charge in [0.05, 0.1) is 11.3 Å². The van der Waals surface area contributed by atoms with Crippen molar-refractivity contribution >= 4 is 28.9 Å². The van der Waals surface area contributed by atoms with E-state index in [0.29, 0.717) is 5.71 Å². The molecule has 0 spiro atoms. The summed E-state index contributed by atoms with van der Waals surface area (Å²) in [6, 6.07) is 11.3. The Morgan fingerprint density at radius 1 is 1.14 bits per heavy atom. The molecule has 1 aliphatic rings. The second-order valence-corrected chi connectivity index (χ2v) is 6.97. The standard InChI is InChI=1S/C21H22N4O4/c1-14(23-24-21(27)16-8-4-9-17(13-16)25(28)29)12-20(26)22-19-11-5-7-15-6-2-3-10-18(15)19/h4-5,7-9,11,13H,2-3,6,10,12H2,1H3,(H,22,26)(H,24,27)/b23-14-. The molecule has 0 aromatic heterocycles. The summed E-state index contributed by atoms with van der Waals surface area (Å²) < 4.78 is 0. The number of rotatable bonds is 6. The number of amides is 2. The fraction of sp³-hybridized carbons (Fsp3) is 0.286. The molecule has 1 aliphatic carbocycles. The number of carbonyl (C=O) groups excluding carboxylic acids is 2. The molecular formula is C21H22N4O4. The Morgan fingerprint density at radius 3 is 2.69 bits per heavy atom. The van der Waals surface area contributed by atoms with Crippen molar-refractivity contribution in [2.45, 2.75) is 39.0 Å². The van der Waals surface area contributed by atoms with Crippen molar-refractivity contribution < 1.29 is 14.5 Å². The van der Waals surface area contributed by atoms with Crippen molar-refractivity contribution in [2.75, 3.05) is 5.32 Å². The van der Waals surface area contributed by atoms with E-state index in [4.69, 9.17) is 0 Å². The number of carbonyl (C=O) groups is 2. The molecule has 2 aromatic carbocycles. The van der Waals surface area contributed by atoms with E-state index in [-0.39, 0.29) is 23.6 Å². The van der Waals surface area contributed by atoms with Crippen molar-refractivity contribution in [3.05, 3.63) is 69.3 Å². The number of aryl methyl sites for hydroxylation is 1. The fourth-order valence-electron chi connectivity index (χ4n) is 3.34. The summed E-state index contributed by atoms with van der Waals surface area (Å²) in [5, 5.41) is 17.7. The van der Waals surface area contributed by atoms with Gasteiger partial charge in [0.25, 0.3) is 11.6 Å². The van der Waals surface area contributed by atoms with Crippen molar-refractivity contribution in [3.8, 4) is 0 Å². The third kappa shape index (κ3) is 5.25. The molecule has 2 N–H and O–H groups in total. The molecule has 0 aliphatic heterocycles. The number of fused-ring (bicyclic) bond motifs is 1. The molecule has 150 valence electrons. The number of hydrazone groups is 1. The number of non-ortho nitro benzene ring substituents is 1. The quantitative estimate of drug-likeness (QED) is 0.442. The van der Waals surface area contributed by atoms with E-state index in [1.807, 2.05) is 12.1 Å². The molecule has 2 aromatic rings. The van der Waals surface area contributed by atoms with Crippen LogP contribution in [0.5, 0.6) is 0 Å². The predicted octanol–water partition coefficient (Wildman–Crippen LogP) is 3.61. The van der Waals surface area contributed by atoms with Crippen LogP contribution in [0.4, 0.5) is 11.4 Å². The second kappa shape index (κ2) is 9.09. The van der Waals surface area contributed by atoms with Crippen LogP contribution in [-0.2, 0) is 17.6 Å². The van der Waals surface area contributed by atoms with Crippen LogP contribution < -0.4 is 10.7 Å². The molecule has 0 atom stereocenters. The fourth-order valence-corrected chi connectivity index (χ4v) is 3.34. The van der Waals surface area contributed by atoms with Gasteiger partial charge in [-0.3, -0.25) is 19.7 Å². The van der Waals surface area contributed by atoms with E-state index in [2.05, 4.69) is 21.9 Å². The largest absolute Gasteiger partial charge is 0.325 e. The van der Waals surface area contributed by atoms with E-state index < -0.39 is 10.8 Å². The Labute approximate surface area is 168 Å². The average Bonchev–Trinajstić information content (AvgIpc) is 2.72. The van der Waals surface area contributed by atoms with Gasteiger partial charge in [-0.05, 0) is 55.9 Å². The molecule has 8 heteroatoms. The number of nitro groups is 1. The molecular weight excluding hydrogens is 372 g/mol. The van der Waals surface area contributed by atoms with Gasteiger partial charge in [0.15, 0.2) is 0 Å². The number of anilines is 1.